The molecule has 0 radical (unpaired) electrons. The molecule has 3 heterocycles. The Labute approximate surface area is 284 Å². The van der Waals surface area contributed by atoms with Crippen LogP contribution in [0.2, 0.25) is 0 Å². The molecular formula is C37H58O11. The first kappa shape index (κ1) is 34.2. The molecule has 3 spiro atoms. The zero-order chi connectivity index (χ0) is 34.7. The number of esters is 1. The van der Waals surface area contributed by atoms with E-state index >= 15 is 0 Å². The number of hydrogen-bond acceptors (Lipinski definition) is 11. The molecule has 5 aliphatic carbocycles. The van der Waals surface area contributed by atoms with Gasteiger partial charge in [-0.1, -0.05) is 20.8 Å². The van der Waals surface area contributed by atoms with Gasteiger partial charge < -0.3 is 49.2 Å². The smallest absolute Gasteiger partial charge is 0.303 e. The summed E-state index contributed by atoms with van der Waals surface area (Å²) in [5, 5.41) is 54.9. The first-order valence-corrected chi connectivity index (χ1v) is 18.5. The van der Waals surface area contributed by atoms with E-state index in [0.29, 0.717) is 25.4 Å². The highest BCUT2D eigenvalue weighted by atomic mass is 16.7. The van der Waals surface area contributed by atoms with Gasteiger partial charge in [-0.15, -0.1) is 0 Å². The molecule has 11 heteroatoms. The van der Waals surface area contributed by atoms with Gasteiger partial charge in [0.2, 0.25) is 0 Å². The van der Waals surface area contributed by atoms with Crippen molar-refractivity contribution in [1.82, 2.24) is 0 Å². The van der Waals surface area contributed by atoms with Crippen LogP contribution in [-0.2, 0) is 28.5 Å². The molecule has 3 saturated heterocycles. The normalized spacial score (nSPS) is 58.1. The number of fused-ring (bicyclic) bond motifs is 4. The Morgan fingerprint density at radius 1 is 0.854 bits per heavy atom. The van der Waals surface area contributed by atoms with Gasteiger partial charge >= 0.3 is 5.97 Å². The van der Waals surface area contributed by atoms with Crippen LogP contribution in [0.4, 0.5) is 0 Å². The quantitative estimate of drug-likeness (QED) is 0.219. The molecule has 0 aromatic rings. The predicted molar refractivity (Wildman–Crippen MR) is 170 cm³/mol. The van der Waals surface area contributed by atoms with E-state index in [4.69, 9.17) is 23.7 Å². The van der Waals surface area contributed by atoms with Gasteiger partial charge in [0.05, 0.1) is 31.0 Å². The third-order valence-corrected chi connectivity index (χ3v) is 16.4. The Morgan fingerprint density at radius 2 is 1.52 bits per heavy atom. The van der Waals surface area contributed by atoms with Crippen molar-refractivity contribution in [1.29, 1.82) is 0 Å². The molecule has 5 saturated carbocycles. The number of aliphatic hydroxyl groups excluding tert-OH is 4. The molecule has 0 aromatic heterocycles. The van der Waals surface area contributed by atoms with Crippen LogP contribution in [0, 0.1) is 44.8 Å². The Balaban J connectivity index is 1.13. The van der Waals surface area contributed by atoms with Gasteiger partial charge in [0.25, 0.3) is 0 Å². The monoisotopic (exact) mass is 678 g/mol. The first-order valence-electron chi connectivity index (χ1n) is 18.5. The molecule has 16 atom stereocenters. The second-order valence-corrected chi connectivity index (χ2v) is 18.9. The fourth-order valence-electron chi connectivity index (χ4n) is 14.1. The van der Waals surface area contributed by atoms with E-state index in [9.17, 15) is 30.3 Å². The summed E-state index contributed by atoms with van der Waals surface area (Å²) in [6.45, 7) is 14.0. The highest BCUT2D eigenvalue weighted by molar-refractivity contribution is 5.66. The minimum atomic E-state index is -1.32. The number of hydrogen-bond donors (Lipinski definition) is 5. The lowest BCUT2D eigenvalue weighted by molar-refractivity contribution is -0.317. The van der Waals surface area contributed by atoms with Gasteiger partial charge in [0.15, 0.2) is 12.1 Å². The molecule has 8 aliphatic rings. The summed E-state index contributed by atoms with van der Waals surface area (Å²) in [6, 6.07) is 0. The topological polar surface area (TPSA) is 164 Å². The van der Waals surface area contributed by atoms with E-state index < -0.39 is 70.6 Å². The average molecular weight is 679 g/mol. The lowest BCUT2D eigenvalue weighted by Crippen LogP contribution is -2.63. The fraction of sp³-hybridized carbons (Fsp3) is 0.973. The van der Waals surface area contributed by atoms with Crippen LogP contribution < -0.4 is 0 Å². The van der Waals surface area contributed by atoms with Gasteiger partial charge in [0, 0.05) is 30.1 Å². The number of ether oxygens (including phenoxy) is 5. The van der Waals surface area contributed by atoms with Crippen molar-refractivity contribution in [2.24, 2.45) is 44.8 Å². The fourth-order valence-corrected chi connectivity index (χ4v) is 14.1. The molecule has 11 nitrogen and oxygen atoms in total. The number of rotatable bonds is 4. The molecule has 272 valence electrons. The van der Waals surface area contributed by atoms with E-state index in [1.165, 1.54) is 6.92 Å². The van der Waals surface area contributed by atoms with Gasteiger partial charge in [0.1, 0.15) is 30.0 Å². The van der Waals surface area contributed by atoms with Gasteiger partial charge in [-0.2, -0.15) is 0 Å². The third kappa shape index (κ3) is 3.95. The van der Waals surface area contributed by atoms with Crippen LogP contribution >= 0.6 is 0 Å². The van der Waals surface area contributed by atoms with Crippen LogP contribution in [-0.4, -0.2) is 105 Å². The lowest BCUT2D eigenvalue weighted by atomic mass is 9.41. The average Bonchev–Trinajstić information content (AvgIpc) is 3.50. The van der Waals surface area contributed by atoms with Gasteiger partial charge in [-0.3, -0.25) is 4.79 Å². The maximum absolute atomic E-state index is 12.7. The Hall–Kier alpha value is -0.890. The third-order valence-electron chi connectivity index (χ3n) is 16.4. The second-order valence-electron chi connectivity index (χ2n) is 18.9. The van der Waals surface area contributed by atoms with Crippen LogP contribution in [0.25, 0.3) is 0 Å². The largest absolute Gasteiger partial charge is 0.459 e. The van der Waals surface area contributed by atoms with Gasteiger partial charge in [-0.05, 0) is 100 Å². The zero-order valence-electron chi connectivity index (χ0n) is 29.7. The molecule has 0 aromatic carbocycles. The van der Waals surface area contributed by atoms with Crippen molar-refractivity contribution >= 4 is 5.97 Å². The summed E-state index contributed by atoms with van der Waals surface area (Å²) < 4.78 is 31.9. The Morgan fingerprint density at radius 3 is 2.21 bits per heavy atom. The molecule has 8 rings (SSSR count). The summed E-state index contributed by atoms with van der Waals surface area (Å²) in [5.74, 6) is -1.33. The SMILES string of the molecule is CC(=O)O[C@@H]1[C@@H](O)[C@@]2(C)[C@@H]3CC[C@H]4C(C)(C)[C@@H](O[C@@H]5OC[C@@H](O)[C@H](O)[C@H]5O)CC[C@@]45C[C@@]35CC[C@@]23CO[C@@]2(C(C)(C)O)CC[C@](C)(O2)[C@@H]13. The second kappa shape index (κ2) is 10.2. The standard InChI is InChI=1S/C37H58O11/c1-19(38)46-26-27-32(6)12-15-37(48-32,31(4,5)43)45-18-36(27)14-13-35-17-34(35)11-10-23(47-29-25(41)24(40)20(39)16-44-29)30(2,3)21(34)8-9-22(35)33(36,7)28(26)42/h20-29,39-43H,8-18H2,1-7H3/t20-,21+,22+,23+,24+,25-,26+,27-,28-,29+,32+,33-,34-,35+,36+,37+/m1/s1. The van der Waals surface area contributed by atoms with E-state index in [1.54, 1.807) is 13.8 Å². The van der Waals surface area contributed by atoms with Crippen LogP contribution in [0.3, 0.4) is 0 Å². The van der Waals surface area contributed by atoms with Crippen molar-refractivity contribution in [3.63, 3.8) is 0 Å². The van der Waals surface area contributed by atoms with E-state index in [2.05, 4.69) is 27.7 Å². The van der Waals surface area contributed by atoms with E-state index in [0.717, 1.165) is 44.9 Å². The minimum absolute atomic E-state index is 0.0248. The molecule has 0 amide bonds. The van der Waals surface area contributed by atoms with Crippen molar-refractivity contribution in [3.8, 4) is 0 Å². The highest BCUT2D eigenvalue weighted by Gasteiger charge is 2.87. The molecular weight excluding hydrogens is 620 g/mol. The summed E-state index contributed by atoms with van der Waals surface area (Å²) in [6.07, 6.45) is 1.09. The predicted octanol–water partition coefficient (Wildman–Crippen LogP) is 2.81. The van der Waals surface area contributed by atoms with Crippen LogP contribution in [0.1, 0.15) is 106 Å². The summed E-state index contributed by atoms with van der Waals surface area (Å²) >= 11 is 0. The number of carbonyl (C=O) groups excluding carboxylic acids is 1. The number of aliphatic hydroxyl groups is 5. The highest BCUT2D eigenvalue weighted by Crippen LogP contribution is 2.89. The summed E-state index contributed by atoms with van der Waals surface area (Å²) in [7, 11) is 0. The zero-order valence-corrected chi connectivity index (χ0v) is 29.7. The van der Waals surface area contributed by atoms with Crippen molar-refractivity contribution in [3.05, 3.63) is 0 Å². The molecule has 8 fully saturated rings. The van der Waals surface area contributed by atoms with E-state index in [1.807, 2.05) is 0 Å². The van der Waals surface area contributed by atoms with Crippen molar-refractivity contribution < 1.29 is 54.0 Å². The molecule has 0 unspecified atom stereocenters. The maximum Gasteiger partial charge on any atom is 0.303 e. The number of carbonyl (C=O) groups is 1. The lowest BCUT2D eigenvalue weighted by Gasteiger charge is -2.64. The van der Waals surface area contributed by atoms with Gasteiger partial charge in [-0.25, -0.2) is 0 Å². The summed E-state index contributed by atoms with van der Waals surface area (Å²) in [4.78, 5) is 12.7. The maximum atomic E-state index is 12.7. The Kier molecular flexibility index (Phi) is 7.24. The van der Waals surface area contributed by atoms with E-state index in [-0.39, 0.29) is 40.8 Å². The molecule has 5 N–H and O–H groups in total. The van der Waals surface area contributed by atoms with Crippen LogP contribution in [0.15, 0.2) is 0 Å². The van der Waals surface area contributed by atoms with Crippen molar-refractivity contribution in [2.75, 3.05) is 13.2 Å². The van der Waals surface area contributed by atoms with Crippen molar-refractivity contribution in [2.45, 2.75) is 166 Å². The Bertz CT molecular complexity index is 1350. The first-order chi connectivity index (χ1) is 22.3. The van der Waals surface area contributed by atoms with Crippen LogP contribution in [0.5, 0.6) is 0 Å². The molecule has 48 heavy (non-hydrogen) atoms. The summed E-state index contributed by atoms with van der Waals surface area (Å²) in [5.41, 5.74) is -3.27. The molecule has 2 bridgehead atoms. The molecule has 3 aliphatic heterocycles. The minimum Gasteiger partial charge on any atom is -0.459 e.